The molecular weight excluding hydrogens is 284 g/mol. The average molecular weight is 300 g/mol. The van der Waals surface area contributed by atoms with Gasteiger partial charge in [-0.05, 0) is 23.8 Å². The minimum atomic E-state index is -3.45. The van der Waals surface area contributed by atoms with Crippen LogP contribution in [0.25, 0.3) is 0 Å². The maximum Gasteiger partial charge on any atom is 0.236 e. The summed E-state index contributed by atoms with van der Waals surface area (Å²) in [7, 11) is -3.45. The van der Waals surface area contributed by atoms with Crippen LogP contribution in [0.15, 0.2) is 54.6 Å². The number of hydrogen-bond acceptors (Lipinski definition) is 3. The Morgan fingerprint density at radius 1 is 1.05 bits per heavy atom. The lowest BCUT2D eigenvalue weighted by Crippen LogP contribution is -2.15. The molecule has 4 nitrogen and oxygen atoms in total. The summed E-state index contributed by atoms with van der Waals surface area (Å²) in [5.74, 6) is 5.54. The van der Waals surface area contributed by atoms with Crippen molar-refractivity contribution in [2.24, 2.45) is 5.73 Å². The first kappa shape index (κ1) is 15.1. The van der Waals surface area contributed by atoms with E-state index in [2.05, 4.69) is 16.6 Å². The van der Waals surface area contributed by atoms with Gasteiger partial charge in [-0.25, -0.2) is 8.42 Å². The van der Waals surface area contributed by atoms with E-state index in [0.29, 0.717) is 5.69 Å². The van der Waals surface area contributed by atoms with E-state index in [1.807, 2.05) is 18.2 Å². The predicted octanol–water partition coefficient (Wildman–Crippen LogP) is 1.94. The van der Waals surface area contributed by atoms with Crippen LogP contribution < -0.4 is 10.5 Å². The van der Waals surface area contributed by atoms with Crippen LogP contribution >= 0.6 is 0 Å². The Kier molecular flexibility index (Phi) is 4.99. The van der Waals surface area contributed by atoms with Crippen LogP contribution in [0.1, 0.15) is 11.1 Å². The molecule has 5 heteroatoms. The van der Waals surface area contributed by atoms with E-state index in [0.717, 1.165) is 11.1 Å². The molecule has 0 amide bonds. The standard InChI is InChI=1S/C16H16N2O2S/c17-11-5-9-14-8-4-10-16(12-14)18-21(19,20)13-15-6-2-1-3-7-15/h1-4,6-8,10,12,18H,11,13,17H2. The third-order valence-electron chi connectivity index (χ3n) is 2.67. The second-order valence-electron chi connectivity index (χ2n) is 4.43. The molecular formula is C16H16N2O2S. The van der Waals surface area contributed by atoms with Crippen LogP contribution in [0.4, 0.5) is 5.69 Å². The molecule has 2 aromatic carbocycles. The third-order valence-corrected chi connectivity index (χ3v) is 3.93. The summed E-state index contributed by atoms with van der Waals surface area (Å²) in [5, 5.41) is 0. The van der Waals surface area contributed by atoms with Gasteiger partial charge in [0.1, 0.15) is 0 Å². The van der Waals surface area contributed by atoms with Gasteiger partial charge in [-0.15, -0.1) is 0 Å². The topological polar surface area (TPSA) is 72.2 Å². The van der Waals surface area contributed by atoms with E-state index in [-0.39, 0.29) is 12.3 Å². The zero-order valence-electron chi connectivity index (χ0n) is 11.4. The lowest BCUT2D eigenvalue weighted by atomic mass is 10.2. The average Bonchev–Trinajstić information content (AvgIpc) is 2.45. The summed E-state index contributed by atoms with van der Waals surface area (Å²) in [6.07, 6.45) is 0. The largest absolute Gasteiger partial charge is 0.320 e. The van der Waals surface area contributed by atoms with Gasteiger partial charge in [0.05, 0.1) is 12.3 Å². The normalized spacial score (nSPS) is 10.5. The highest BCUT2D eigenvalue weighted by Crippen LogP contribution is 2.14. The van der Waals surface area contributed by atoms with E-state index >= 15 is 0 Å². The molecule has 0 bridgehead atoms. The Balaban J connectivity index is 2.13. The van der Waals surface area contributed by atoms with E-state index in [1.165, 1.54) is 0 Å². The summed E-state index contributed by atoms with van der Waals surface area (Å²) in [6, 6.07) is 16.0. The van der Waals surface area contributed by atoms with Crippen molar-refractivity contribution < 1.29 is 8.42 Å². The molecule has 0 aliphatic heterocycles. The lowest BCUT2D eigenvalue weighted by molar-refractivity contribution is 0.600. The number of nitrogens with two attached hydrogens (primary N) is 1. The van der Waals surface area contributed by atoms with Crippen LogP contribution in [0.5, 0.6) is 0 Å². The third kappa shape index (κ3) is 4.95. The van der Waals surface area contributed by atoms with Gasteiger partial charge in [-0.3, -0.25) is 4.72 Å². The number of anilines is 1. The summed E-state index contributed by atoms with van der Waals surface area (Å²) in [6.45, 7) is 0.268. The van der Waals surface area contributed by atoms with Gasteiger partial charge in [0, 0.05) is 11.3 Å². The summed E-state index contributed by atoms with van der Waals surface area (Å²) in [5.41, 5.74) is 7.27. The molecule has 0 saturated carbocycles. The molecule has 0 fully saturated rings. The van der Waals surface area contributed by atoms with Crippen molar-refractivity contribution in [3.8, 4) is 11.8 Å². The molecule has 0 spiro atoms. The van der Waals surface area contributed by atoms with Gasteiger partial charge in [0.25, 0.3) is 0 Å². The van der Waals surface area contributed by atoms with Gasteiger partial charge in [-0.2, -0.15) is 0 Å². The lowest BCUT2D eigenvalue weighted by Gasteiger charge is -2.08. The predicted molar refractivity (Wildman–Crippen MR) is 85.1 cm³/mol. The Labute approximate surface area is 125 Å². The van der Waals surface area contributed by atoms with Gasteiger partial charge in [0.2, 0.25) is 10.0 Å². The van der Waals surface area contributed by atoms with Crippen molar-refractivity contribution in [1.82, 2.24) is 0 Å². The van der Waals surface area contributed by atoms with Crippen molar-refractivity contribution in [2.75, 3.05) is 11.3 Å². The molecule has 0 aliphatic rings. The van der Waals surface area contributed by atoms with Gasteiger partial charge >= 0.3 is 0 Å². The van der Waals surface area contributed by atoms with E-state index < -0.39 is 10.0 Å². The van der Waals surface area contributed by atoms with E-state index in [4.69, 9.17) is 5.73 Å². The number of nitrogens with one attached hydrogen (secondary N) is 1. The van der Waals surface area contributed by atoms with Crippen LogP contribution in [0.3, 0.4) is 0 Å². The Hall–Kier alpha value is -2.29. The van der Waals surface area contributed by atoms with Crippen molar-refractivity contribution in [3.63, 3.8) is 0 Å². The van der Waals surface area contributed by atoms with Gasteiger partial charge in [0.15, 0.2) is 0 Å². The number of benzene rings is 2. The molecule has 0 unspecified atom stereocenters. The van der Waals surface area contributed by atoms with Crippen molar-refractivity contribution in [2.45, 2.75) is 5.75 Å². The van der Waals surface area contributed by atoms with Crippen LogP contribution in [0.2, 0.25) is 0 Å². The van der Waals surface area contributed by atoms with Gasteiger partial charge in [-0.1, -0.05) is 48.2 Å². The minimum absolute atomic E-state index is 0.0630. The molecule has 2 rings (SSSR count). The second kappa shape index (κ2) is 6.93. The van der Waals surface area contributed by atoms with Crippen molar-refractivity contribution >= 4 is 15.7 Å². The molecule has 2 aromatic rings. The highest BCUT2D eigenvalue weighted by atomic mass is 32.2. The SMILES string of the molecule is NCC#Cc1cccc(NS(=O)(=O)Cc2ccccc2)c1. The highest BCUT2D eigenvalue weighted by molar-refractivity contribution is 7.91. The zero-order chi connectivity index (χ0) is 15.1. The molecule has 0 heterocycles. The molecule has 0 saturated heterocycles. The Bertz CT molecular complexity index is 760. The maximum absolute atomic E-state index is 12.1. The maximum atomic E-state index is 12.1. The minimum Gasteiger partial charge on any atom is -0.320 e. The van der Waals surface area contributed by atoms with Crippen LogP contribution in [0, 0.1) is 11.8 Å². The molecule has 108 valence electrons. The first-order valence-corrected chi connectivity index (χ1v) is 8.08. The smallest absolute Gasteiger partial charge is 0.236 e. The highest BCUT2D eigenvalue weighted by Gasteiger charge is 2.11. The van der Waals surface area contributed by atoms with Crippen molar-refractivity contribution in [1.29, 1.82) is 0 Å². The fraction of sp³-hybridized carbons (Fsp3) is 0.125. The summed E-state index contributed by atoms with van der Waals surface area (Å²) >= 11 is 0. The van der Waals surface area contributed by atoms with Gasteiger partial charge < -0.3 is 5.73 Å². The first-order valence-electron chi connectivity index (χ1n) is 6.42. The molecule has 0 atom stereocenters. The van der Waals surface area contributed by atoms with E-state index in [1.54, 1.807) is 36.4 Å². The molecule has 3 N–H and O–H groups in total. The summed E-state index contributed by atoms with van der Waals surface area (Å²) < 4.78 is 26.8. The Morgan fingerprint density at radius 3 is 2.52 bits per heavy atom. The number of rotatable bonds is 4. The first-order chi connectivity index (χ1) is 10.1. The molecule has 0 aliphatic carbocycles. The fourth-order valence-electron chi connectivity index (χ4n) is 1.82. The second-order valence-corrected chi connectivity index (χ2v) is 6.16. The molecule has 0 aromatic heterocycles. The quantitative estimate of drug-likeness (QED) is 0.848. The Morgan fingerprint density at radius 2 is 1.81 bits per heavy atom. The zero-order valence-corrected chi connectivity index (χ0v) is 12.2. The molecule has 0 radical (unpaired) electrons. The number of hydrogen-bond donors (Lipinski definition) is 2. The van der Waals surface area contributed by atoms with Crippen molar-refractivity contribution in [3.05, 3.63) is 65.7 Å². The molecule has 21 heavy (non-hydrogen) atoms. The number of sulfonamides is 1. The fourth-order valence-corrected chi connectivity index (χ4v) is 3.01. The van der Waals surface area contributed by atoms with E-state index in [9.17, 15) is 8.42 Å². The van der Waals surface area contributed by atoms with Crippen LogP contribution in [-0.4, -0.2) is 15.0 Å². The monoisotopic (exact) mass is 300 g/mol. The summed E-state index contributed by atoms with van der Waals surface area (Å²) in [4.78, 5) is 0. The van der Waals surface area contributed by atoms with Crippen LogP contribution in [-0.2, 0) is 15.8 Å².